The van der Waals surface area contributed by atoms with Crippen LogP contribution in [0.25, 0.3) is 120 Å². The molecule has 0 N–H and O–H groups in total. The summed E-state index contributed by atoms with van der Waals surface area (Å²) in [6.07, 6.45) is 14.5. The van der Waals surface area contributed by atoms with Gasteiger partial charge in [-0.25, -0.2) is 9.80 Å². The number of fused-ring (bicyclic) bond motifs is 14. The van der Waals surface area contributed by atoms with Gasteiger partial charge < -0.3 is 18.9 Å². The number of hydrogen-bond donors (Lipinski definition) is 0. The first-order valence-electron chi connectivity index (χ1n) is 53.0. The summed E-state index contributed by atoms with van der Waals surface area (Å²) in [4.78, 5) is 68.7. The molecule has 0 aromatic heterocycles. The summed E-state index contributed by atoms with van der Waals surface area (Å²) in [7, 11) is 0. The van der Waals surface area contributed by atoms with E-state index in [9.17, 15) is 0 Å². The van der Waals surface area contributed by atoms with Gasteiger partial charge in [0.15, 0.2) is 0 Å². The maximum atomic E-state index is 16.4. The molecule has 8 aliphatic rings. The SMILES string of the molecule is CCc1cc(C(C)C)c(N2C(=O)c3cc(Oc4ccc(C(C)(C)C)cc4)c4c5c(c(Oc6ccc(C(C)(C)C)cc6)cc(c35)C2=O)C2=CC=C3c5cc6cc7c(cc6cc5C5=CC=C4C2C53)CCc2cc3cc4c(cc3cc2CC7)-c2ccc3c5c(Oc6ccc(C(C)(C)C)cc6)cc6c7c(cc(Oc8ccc(C(C)(C)C)cc8)c(c8ccc-4c2c83)c75)C(=O)N(c2c(C(C)C)cc(CC)cc2C(C)C)C6=O)c(C(C)C)c1. The smallest absolute Gasteiger partial charge is 0.266 e. The molecule has 0 saturated heterocycles. The van der Waals surface area contributed by atoms with E-state index >= 15 is 19.2 Å². The molecule has 10 nitrogen and oxygen atoms in total. The van der Waals surface area contributed by atoms with Crippen LogP contribution in [-0.2, 0) is 60.2 Å². The molecule has 17 aromatic rings. The summed E-state index contributed by atoms with van der Waals surface area (Å²) >= 11 is 0. The van der Waals surface area contributed by atoms with Gasteiger partial charge in [0, 0.05) is 55.3 Å². The van der Waals surface area contributed by atoms with Crippen LogP contribution >= 0.6 is 0 Å². The number of ether oxygens (including phenoxy) is 4. The molecular weight excluding hydrogens is 1790 g/mol. The molecule has 726 valence electrons. The quantitative estimate of drug-likeness (QED) is 0.0534. The molecule has 6 aliphatic carbocycles. The molecule has 25 rings (SSSR count). The number of imide groups is 2. The number of amides is 4. The maximum absolute atomic E-state index is 16.4. The predicted octanol–water partition coefficient (Wildman–Crippen LogP) is 35.8. The van der Waals surface area contributed by atoms with Crippen LogP contribution in [0.15, 0.2) is 243 Å². The number of anilines is 2. The zero-order valence-corrected chi connectivity index (χ0v) is 88.0. The van der Waals surface area contributed by atoms with Gasteiger partial charge in [-0.3, -0.25) is 19.2 Å². The van der Waals surface area contributed by atoms with E-state index in [0.717, 1.165) is 143 Å². The normalized spacial score (nSPS) is 16.1. The monoisotopic (exact) mass is 1910 g/mol. The Balaban J connectivity index is 0.605. The van der Waals surface area contributed by atoms with Gasteiger partial charge in [0.2, 0.25) is 0 Å². The van der Waals surface area contributed by atoms with Crippen LogP contribution in [0, 0.1) is 11.8 Å². The van der Waals surface area contributed by atoms with Crippen molar-refractivity contribution in [3.05, 3.63) is 365 Å². The van der Waals surface area contributed by atoms with Crippen LogP contribution in [0.1, 0.15) is 318 Å². The van der Waals surface area contributed by atoms with E-state index in [-0.39, 0.29) is 80.8 Å². The second kappa shape index (κ2) is 32.9. The van der Waals surface area contributed by atoms with Crippen LogP contribution in [-0.4, -0.2) is 23.6 Å². The second-order valence-electron chi connectivity index (χ2n) is 47.9. The van der Waals surface area contributed by atoms with Crippen LogP contribution < -0.4 is 28.7 Å². The Morgan fingerprint density at radius 2 is 0.534 bits per heavy atom. The van der Waals surface area contributed by atoms with Crippen LogP contribution in [0.3, 0.4) is 0 Å². The largest absolute Gasteiger partial charge is 0.457 e. The molecule has 0 fully saturated rings. The first-order valence-corrected chi connectivity index (χ1v) is 53.0. The molecule has 0 atom stereocenters. The molecule has 146 heavy (non-hydrogen) atoms. The van der Waals surface area contributed by atoms with E-state index in [1.807, 2.05) is 48.5 Å². The Bertz CT molecular complexity index is 8350. The lowest BCUT2D eigenvalue weighted by atomic mass is 9.62. The first-order chi connectivity index (χ1) is 69.7. The minimum absolute atomic E-state index is 0.00350. The van der Waals surface area contributed by atoms with Gasteiger partial charge in [-0.05, 0) is 358 Å². The van der Waals surface area contributed by atoms with E-state index in [1.54, 1.807) is 0 Å². The molecule has 0 saturated carbocycles. The number of aryl methyl sites for hydroxylation is 6. The van der Waals surface area contributed by atoms with Crippen molar-refractivity contribution in [1.29, 1.82) is 0 Å². The van der Waals surface area contributed by atoms with Crippen LogP contribution in [0.4, 0.5) is 11.4 Å². The molecule has 4 amide bonds. The highest BCUT2D eigenvalue weighted by Gasteiger charge is 2.52. The molecule has 0 spiro atoms. The summed E-state index contributed by atoms with van der Waals surface area (Å²) in [5, 5.41) is 13.3. The van der Waals surface area contributed by atoms with Gasteiger partial charge in [0.1, 0.15) is 46.0 Å². The van der Waals surface area contributed by atoms with Crippen molar-refractivity contribution in [1.82, 2.24) is 0 Å². The van der Waals surface area contributed by atoms with Crippen molar-refractivity contribution in [3.63, 3.8) is 0 Å². The fraction of sp³-hybridized carbons (Fsp3) is 0.279. The van der Waals surface area contributed by atoms with Crippen LogP contribution in [0.5, 0.6) is 46.0 Å². The molecular formula is C136H124N2O8. The molecule has 0 unspecified atom stereocenters. The van der Waals surface area contributed by atoms with E-state index in [2.05, 4.69) is 346 Å². The lowest BCUT2D eigenvalue weighted by molar-refractivity contribution is 0.0877. The number of carbonyl (C=O) groups is 4. The summed E-state index contributed by atoms with van der Waals surface area (Å²) in [6.45, 7) is 48.2. The van der Waals surface area contributed by atoms with Gasteiger partial charge in [0.05, 0.1) is 33.6 Å². The Labute approximate surface area is 856 Å². The highest BCUT2D eigenvalue weighted by atomic mass is 16.5. The number of nitrogens with zero attached hydrogens (tertiary/aromatic N) is 2. The van der Waals surface area contributed by atoms with E-state index in [1.165, 1.54) is 115 Å². The third kappa shape index (κ3) is 14.2. The van der Waals surface area contributed by atoms with Gasteiger partial charge in [-0.1, -0.05) is 298 Å². The molecule has 2 heterocycles. The topological polar surface area (TPSA) is 112 Å². The lowest BCUT2D eigenvalue weighted by Gasteiger charge is -2.42. The van der Waals surface area contributed by atoms with Gasteiger partial charge in [0.25, 0.3) is 23.6 Å². The highest BCUT2D eigenvalue weighted by molar-refractivity contribution is 6.46. The Hall–Kier alpha value is -14.7. The fourth-order valence-corrected chi connectivity index (χ4v) is 25.6. The highest BCUT2D eigenvalue weighted by Crippen LogP contribution is 2.67. The summed E-state index contributed by atoms with van der Waals surface area (Å²) in [5.74, 6) is 2.86. The van der Waals surface area contributed by atoms with Crippen LogP contribution in [0.2, 0.25) is 0 Å². The van der Waals surface area contributed by atoms with E-state index < -0.39 is 0 Å². The minimum atomic E-state index is -0.387. The Morgan fingerprint density at radius 1 is 0.267 bits per heavy atom. The average molecular weight is 1910 g/mol. The third-order valence-electron chi connectivity index (χ3n) is 33.4. The molecule has 0 bridgehead atoms. The van der Waals surface area contributed by atoms with Crippen molar-refractivity contribution >= 4 is 133 Å². The maximum Gasteiger partial charge on any atom is 0.266 e. The number of allylic oxidation sites excluding steroid dienone is 8. The standard InChI is InChI=1S/C136H124N2O8/c1-23-73-53-99(69(3)4)127(100(54-73)70(5)6)137-129(139)107-65-111(143-87-37-29-83(30-38-87)133(11,12)13)121-95-49-45-91-103-61-79-57-75-25-27-77-59-81-63-105-93-47-51-97-118-98(52-48-94(116(93)118)106(105)64-82(81)60-78(77)28-26-76(75)58-80(79)62-104(103)92-46-50-96(117(95)115(91)92)122-112(66-108(130(137)140)119(107)125(121)122)144-88-39-31-84(32-40-88)134(14,15)16)124-114(146-90-43-35-86(36-44-90)136(20,21)22)68-110-120-109(67-113(123(97)126(120)124)145-89-41-33-85(34-42-89)135(17,18)19)131(141)138(132(110)142)128-101(71(7)8)55-74(24-2)56-102(128)72(9)10/h29-72,115,117H,23-28H2,1-22H3. The average Bonchev–Trinajstić information content (AvgIpc) is 1.25. The molecule has 0 radical (unpaired) electrons. The van der Waals surface area contributed by atoms with Gasteiger partial charge >= 0.3 is 0 Å². The number of carbonyl (C=O) groups excluding carboxylic acids is 4. The zero-order valence-electron chi connectivity index (χ0n) is 88.0. The van der Waals surface area contributed by atoms with Gasteiger partial charge in [-0.2, -0.15) is 0 Å². The number of rotatable bonds is 16. The molecule has 2 aliphatic heterocycles. The summed E-state index contributed by atoms with van der Waals surface area (Å²) < 4.78 is 29.7. The summed E-state index contributed by atoms with van der Waals surface area (Å²) in [5.41, 5.74) is 32.4. The minimum Gasteiger partial charge on any atom is -0.457 e. The Kier molecular flexibility index (Phi) is 20.8. The van der Waals surface area contributed by atoms with Gasteiger partial charge in [-0.15, -0.1) is 0 Å². The number of benzene rings is 17. The predicted molar refractivity (Wildman–Crippen MR) is 602 cm³/mol. The van der Waals surface area contributed by atoms with Crippen molar-refractivity contribution in [2.24, 2.45) is 11.8 Å². The fourth-order valence-electron chi connectivity index (χ4n) is 25.6. The lowest BCUT2D eigenvalue weighted by Crippen LogP contribution is -2.42. The first kappa shape index (κ1) is 92.4. The third-order valence-corrected chi connectivity index (χ3v) is 33.4. The Morgan fingerprint density at radius 3 is 0.829 bits per heavy atom. The van der Waals surface area contributed by atoms with E-state index in [0.29, 0.717) is 90.4 Å². The summed E-state index contributed by atoms with van der Waals surface area (Å²) in [6, 6.07) is 79.0. The second-order valence-corrected chi connectivity index (χ2v) is 47.9. The van der Waals surface area contributed by atoms with Crippen molar-refractivity contribution < 1.29 is 38.1 Å². The number of hydrogen-bond acceptors (Lipinski definition) is 8. The van der Waals surface area contributed by atoms with Crippen molar-refractivity contribution in [2.45, 2.75) is 236 Å². The van der Waals surface area contributed by atoms with Crippen molar-refractivity contribution in [3.8, 4) is 68.2 Å². The van der Waals surface area contributed by atoms with Crippen molar-refractivity contribution in [2.75, 3.05) is 9.80 Å². The molecule has 10 heteroatoms. The zero-order chi connectivity index (χ0) is 101. The van der Waals surface area contributed by atoms with E-state index in [4.69, 9.17) is 18.9 Å². The molecule has 17 aromatic carbocycles.